The van der Waals surface area contributed by atoms with Crippen LogP contribution in [0.25, 0.3) is 0 Å². The van der Waals surface area contributed by atoms with E-state index in [4.69, 9.17) is 10.2 Å². The van der Waals surface area contributed by atoms with Crippen molar-refractivity contribution >= 4 is 17.9 Å². The normalized spacial score (nSPS) is 11.8. The predicted octanol–water partition coefficient (Wildman–Crippen LogP) is 0.895. The molecule has 0 amide bonds. The Morgan fingerprint density at radius 2 is 1.88 bits per heavy atom. The Kier molecular flexibility index (Phi) is 6.91. The van der Waals surface area contributed by atoms with Crippen LogP contribution in [0, 0.1) is 5.92 Å². The van der Waals surface area contributed by atoms with E-state index < -0.39 is 24.3 Å². The van der Waals surface area contributed by atoms with Crippen LogP contribution in [0.1, 0.15) is 32.6 Å². The number of ether oxygens (including phenoxy) is 1. The molecule has 1 atom stereocenters. The van der Waals surface area contributed by atoms with Crippen LogP contribution >= 0.6 is 0 Å². The molecule has 6 heteroatoms. The molecule has 0 bridgehead atoms. The highest BCUT2D eigenvalue weighted by atomic mass is 16.5. The van der Waals surface area contributed by atoms with Gasteiger partial charge in [0.25, 0.3) is 0 Å². The summed E-state index contributed by atoms with van der Waals surface area (Å²) in [6, 6.07) is 0. The van der Waals surface area contributed by atoms with Crippen molar-refractivity contribution in [3.63, 3.8) is 0 Å². The highest BCUT2D eigenvalue weighted by Gasteiger charge is 2.20. The van der Waals surface area contributed by atoms with Gasteiger partial charge in [-0.25, -0.2) is 0 Å². The van der Waals surface area contributed by atoms with Crippen molar-refractivity contribution in [3.8, 4) is 0 Å². The Morgan fingerprint density at radius 3 is 2.31 bits per heavy atom. The van der Waals surface area contributed by atoms with Gasteiger partial charge in [-0.2, -0.15) is 0 Å². The van der Waals surface area contributed by atoms with Crippen molar-refractivity contribution < 1.29 is 29.3 Å². The number of carboxylic acid groups (broad SMARTS) is 2. The molecule has 0 aromatic rings. The van der Waals surface area contributed by atoms with Gasteiger partial charge in [-0.3, -0.25) is 14.4 Å². The molecule has 6 nitrogen and oxygen atoms in total. The Bertz CT molecular complexity index is 260. The number of rotatable bonds is 8. The van der Waals surface area contributed by atoms with E-state index in [1.54, 1.807) is 6.92 Å². The van der Waals surface area contributed by atoms with Crippen molar-refractivity contribution in [1.82, 2.24) is 0 Å². The summed E-state index contributed by atoms with van der Waals surface area (Å²) < 4.78 is 4.66. The van der Waals surface area contributed by atoms with Crippen LogP contribution < -0.4 is 0 Å². The van der Waals surface area contributed by atoms with Crippen molar-refractivity contribution in [2.45, 2.75) is 32.6 Å². The molecular weight excluding hydrogens is 216 g/mol. The lowest BCUT2D eigenvalue weighted by atomic mass is 9.99. The summed E-state index contributed by atoms with van der Waals surface area (Å²) in [4.78, 5) is 31.9. The Balaban J connectivity index is 3.89. The minimum Gasteiger partial charge on any atom is -0.481 e. The lowest BCUT2D eigenvalue weighted by molar-refractivity contribution is -0.149. The fourth-order valence-electron chi connectivity index (χ4n) is 1.25. The van der Waals surface area contributed by atoms with Crippen molar-refractivity contribution in [2.24, 2.45) is 5.92 Å². The van der Waals surface area contributed by atoms with Crippen LogP contribution in [0.3, 0.4) is 0 Å². The zero-order valence-corrected chi connectivity index (χ0v) is 9.14. The van der Waals surface area contributed by atoms with E-state index in [0.717, 1.165) is 0 Å². The number of hydrogen-bond acceptors (Lipinski definition) is 4. The molecule has 0 aromatic heterocycles. The molecule has 2 N–H and O–H groups in total. The first kappa shape index (κ1) is 14.4. The first-order valence-corrected chi connectivity index (χ1v) is 5.07. The van der Waals surface area contributed by atoms with Gasteiger partial charge in [-0.1, -0.05) is 0 Å². The van der Waals surface area contributed by atoms with Gasteiger partial charge in [0, 0.05) is 6.42 Å². The average Bonchev–Trinajstić information content (AvgIpc) is 2.15. The largest absolute Gasteiger partial charge is 0.481 e. The molecule has 0 spiro atoms. The van der Waals surface area contributed by atoms with E-state index >= 15 is 0 Å². The van der Waals surface area contributed by atoms with E-state index in [9.17, 15) is 14.4 Å². The number of carbonyl (C=O) groups is 3. The molecule has 0 radical (unpaired) electrons. The molecule has 92 valence electrons. The standard InChI is InChI=1S/C10H16O6/c1-2-16-9(13)5-3-4-7(10(14)15)6-8(11)12/h7H,2-6H2,1H3,(H,11,12)(H,14,15). The summed E-state index contributed by atoms with van der Waals surface area (Å²) in [6.45, 7) is 1.97. The molecule has 0 aromatic carbocycles. The quantitative estimate of drug-likeness (QED) is 0.603. The summed E-state index contributed by atoms with van der Waals surface area (Å²) in [6.07, 6.45) is 0.193. The molecule has 16 heavy (non-hydrogen) atoms. The summed E-state index contributed by atoms with van der Waals surface area (Å²) >= 11 is 0. The molecule has 1 unspecified atom stereocenters. The lowest BCUT2D eigenvalue weighted by Crippen LogP contribution is -2.18. The maximum Gasteiger partial charge on any atom is 0.307 e. The third kappa shape index (κ3) is 6.80. The SMILES string of the molecule is CCOC(=O)CCCC(CC(=O)O)C(=O)O. The minimum absolute atomic E-state index is 0.122. The zero-order chi connectivity index (χ0) is 12.6. The zero-order valence-electron chi connectivity index (χ0n) is 9.14. The maximum absolute atomic E-state index is 10.9. The molecule has 0 aliphatic rings. The third-order valence-electron chi connectivity index (χ3n) is 2.01. The molecular formula is C10H16O6. The van der Waals surface area contributed by atoms with Crippen molar-refractivity contribution in [2.75, 3.05) is 6.61 Å². The lowest BCUT2D eigenvalue weighted by Gasteiger charge is -2.08. The first-order chi connectivity index (χ1) is 7.47. The molecule has 0 fully saturated rings. The molecule has 0 saturated carbocycles. The molecule has 0 rings (SSSR count). The highest BCUT2D eigenvalue weighted by Crippen LogP contribution is 2.13. The molecule has 0 aliphatic heterocycles. The Hall–Kier alpha value is -1.59. The fraction of sp³-hybridized carbons (Fsp3) is 0.700. The molecule has 0 saturated heterocycles. The van der Waals surface area contributed by atoms with Gasteiger partial charge in [0.1, 0.15) is 0 Å². The van der Waals surface area contributed by atoms with Gasteiger partial charge >= 0.3 is 17.9 Å². The van der Waals surface area contributed by atoms with Gasteiger partial charge in [0.05, 0.1) is 18.9 Å². The van der Waals surface area contributed by atoms with Gasteiger partial charge < -0.3 is 14.9 Å². The fourth-order valence-corrected chi connectivity index (χ4v) is 1.25. The van der Waals surface area contributed by atoms with Gasteiger partial charge in [0.2, 0.25) is 0 Å². The van der Waals surface area contributed by atoms with E-state index in [1.165, 1.54) is 0 Å². The average molecular weight is 232 g/mol. The first-order valence-electron chi connectivity index (χ1n) is 5.07. The number of hydrogen-bond donors (Lipinski definition) is 2. The third-order valence-corrected chi connectivity index (χ3v) is 2.01. The second kappa shape index (κ2) is 7.67. The van der Waals surface area contributed by atoms with E-state index in [2.05, 4.69) is 4.74 Å². The summed E-state index contributed by atoms with van der Waals surface area (Å²) in [5, 5.41) is 17.2. The van der Waals surface area contributed by atoms with Gasteiger partial charge in [-0.05, 0) is 19.8 Å². The minimum atomic E-state index is -1.15. The summed E-state index contributed by atoms with van der Waals surface area (Å²) in [5.74, 6) is -3.62. The smallest absolute Gasteiger partial charge is 0.307 e. The summed E-state index contributed by atoms with van der Waals surface area (Å²) in [5.41, 5.74) is 0. The monoisotopic (exact) mass is 232 g/mol. The van der Waals surface area contributed by atoms with Crippen LogP contribution in [0.5, 0.6) is 0 Å². The van der Waals surface area contributed by atoms with Crippen LogP contribution in [-0.4, -0.2) is 34.7 Å². The van der Waals surface area contributed by atoms with Crippen LogP contribution in [0.4, 0.5) is 0 Å². The number of carboxylic acids is 2. The topological polar surface area (TPSA) is 101 Å². The van der Waals surface area contributed by atoms with Crippen LogP contribution in [0.15, 0.2) is 0 Å². The second-order valence-corrected chi connectivity index (χ2v) is 3.33. The molecule has 0 heterocycles. The van der Waals surface area contributed by atoms with E-state index in [-0.39, 0.29) is 25.4 Å². The van der Waals surface area contributed by atoms with Gasteiger partial charge in [-0.15, -0.1) is 0 Å². The summed E-state index contributed by atoms with van der Waals surface area (Å²) in [7, 11) is 0. The Morgan fingerprint density at radius 1 is 1.25 bits per heavy atom. The molecule has 0 aliphatic carbocycles. The van der Waals surface area contributed by atoms with Crippen molar-refractivity contribution in [1.29, 1.82) is 0 Å². The van der Waals surface area contributed by atoms with Crippen LogP contribution in [0.2, 0.25) is 0 Å². The number of aliphatic carboxylic acids is 2. The van der Waals surface area contributed by atoms with Crippen LogP contribution in [-0.2, 0) is 19.1 Å². The van der Waals surface area contributed by atoms with Gasteiger partial charge in [0.15, 0.2) is 0 Å². The second-order valence-electron chi connectivity index (χ2n) is 3.33. The number of esters is 1. The number of carbonyl (C=O) groups excluding carboxylic acids is 1. The van der Waals surface area contributed by atoms with E-state index in [0.29, 0.717) is 6.42 Å². The predicted molar refractivity (Wildman–Crippen MR) is 53.9 cm³/mol. The Labute approximate surface area is 93.2 Å². The highest BCUT2D eigenvalue weighted by molar-refractivity contribution is 5.77. The van der Waals surface area contributed by atoms with Crippen molar-refractivity contribution in [3.05, 3.63) is 0 Å². The maximum atomic E-state index is 10.9. The van der Waals surface area contributed by atoms with E-state index in [1.807, 2.05) is 0 Å².